The molecule has 4 aromatic heterocycles. The molecule has 0 unspecified atom stereocenters. The number of hydrogen-bond donors (Lipinski definition) is 0. The van der Waals surface area contributed by atoms with Crippen LogP contribution in [0.3, 0.4) is 0 Å². The van der Waals surface area contributed by atoms with Gasteiger partial charge in [0.05, 0.1) is 33.1 Å². The van der Waals surface area contributed by atoms with Gasteiger partial charge in [-0.2, -0.15) is 9.97 Å². The van der Waals surface area contributed by atoms with Crippen LogP contribution in [0.5, 0.6) is 0 Å². The Balaban J connectivity index is 0.934. The van der Waals surface area contributed by atoms with Crippen LogP contribution in [0.25, 0.3) is 150 Å². The van der Waals surface area contributed by atoms with Crippen LogP contribution in [0.2, 0.25) is 0 Å². The molecule has 6 nitrogen and oxygen atoms in total. The highest BCUT2D eigenvalue weighted by atomic mass is 15.2. The number of nitrogens with zero attached hydrogens (tertiary/aromatic N) is 6. The second-order valence-electron chi connectivity index (χ2n) is 20.8. The van der Waals surface area contributed by atoms with Crippen molar-refractivity contribution in [3.8, 4) is 84.6 Å². The molecular formula is C75H48N6. The maximum atomic E-state index is 5.44. The summed E-state index contributed by atoms with van der Waals surface area (Å²) in [7, 11) is 0. The molecule has 0 aliphatic carbocycles. The van der Waals surface area contributed by atoms with E-state index in [0.29, 0.717) is 17.6 Å². The molecule has 16 aromatic rings. The van der Waals surface area contributed by atoms with Crippen LogP contribution >= 0.6 is 0 Å². The predicted molar refractivity (Wildman–Crippen MR) is 335 cm³/mol. The van der Waals surface area contributed by atoms with Gasteiger partial charge >= 0.3 is 0 Å². The van der Waals surface area contributed by atoms with Crippen molar-refractivity contribution in [3.63, 3.8) is 0 Å². The van der Waals surface area contributed by atoms with Crippen molar-refractivity contribution in [3.05, 3.63) is 291 Å². The third-order valence-electron chi connectivity index (χ3n) is 16.1. The number of hydrogen-bond acceptors (Lipinski definition) is 3. The number of para-hydroxylation sites is 2. The summed E-state index contributed by atoms with van der Waals surface area (Å²) in [5.41, 5.74) is 19.8. The van der Waals surface area contributed by atoms with E-state index >= 15 is 0 Å². The van der Waals surface area contributed by atoms with E-state index in [9.17, 15) is 0 Å². The number of fused-ring (bicyclic) bond motifs is 9. The summed E-state index contributed by atoms with van der Waals surface area (Å²) in [6, 6.07) is 104. The van der Waals surface area contributed by atoms with Crippen molar-refractivity contribution in [2.45, 2.75) is 0 Å². The highest BCUT2D eigenvalue weighted by Gasteiger charge is 2.22. The minimum atomic E-state index is 0.533. The second kappa shape index (κ2) is 18.9. The summed E-state index contributed by atoms with van der Waals surface area (Å²) >= 11 is 0. The monoisotopic (exact) mass is 1030 g/mol. The maximum absolute atomic E-state index is 5.44. The molecular weight excluding hydrogens is 985 g/mol. The summed E-state index contributed by atoms with van der Waals surface area (Å²) in [4.78, 5) is 16.2. The Morgan fingerprint density at radius 1 is 0.185 bits per heavy atom. The van der Waals surface area contributed by atoms with Gasteiger partial charge in [0.25, 0.3) is 0 Å². The Kier molecular flexibility index (Phi) is 10.8. The lowest BCUT2D eigenvalue weighted by Crippen LogP contribution is -2.06. The van der Waals surface area contributed by atoms with Gasteiger partial charge in [-0.05, 0) is 117 Å². The number of aromatic nitrogens is 6. The van der Waals surface area contributed by atoms with E-state index in [-0.39, 0.29) is 0 Å². The first-order chi connectivity index (χ1) is 40.1. The van der Waals surface area contributed by atoms with Gasteiger partial charge in [-0.1, -0.05) is 218 Å². The van der Waals surface area contributed by atoms with Gasteiger partial charge in [0.1, 0.15) is 0 Å². The van der Waals surface area contributed by atoms with E-state index in [2.05, 4.69) is 293 Å². The van der Waals surface area contributed by atoms with Crippen molar-refractivity contribution >= 4 is 65.4 Å². The lowest BCUT2D eigenvalue weighted by molar-refractivity contribution is 0.953. The Hall–Kier alpha value is -11.0. The van der Waals surface area contributed by atoms with E-state index in [1.165, 1.54) is 43.8 Å². The van der Waals surface area contributed by atoms with Gasteiger partial charge < -0.3 is 9.13 Å². The zero-order chi connectivity index (χ0) is 53.4. The molecule has 4 heterocycles. The van der Waals surface area contributed by atoms with Crippen LogP contribution in [-0.2, 0) is 0 Å². The first kappa shape index (κ1) is 46.2. The molecule has 0 amide bonds. The predicted octanol–water partition coefficient (Wildman–Crippen LogP) is 19.2. The van der Waals surface area contributed by atoms with E-state index in [1.807, 2.05) is 12.1 Å². The Morgan fingerprint density at radius 2 is 0.469 bits per heavy atom. The van der Waals surface area contributed by atoms with Gasteiger partial charge in [-0.25, -0.2) is 4.98 Å². The zero-order valence-corrected chi connectivity index (χ0v) is 43.9. The summed E-state index contributed by atoms with van der Waals surface area (Å²) in [6.07, 6.45) is 0. The topological polar surface area (TPSA) is 53.5 Å². The Morgan fingerprint density at radius 3 is 0.877 bits per heavy atom. The third kappa shape index (κ3) is 7.83. The molecule has 0 saturated heterocycles. The molecule has 12 aromatic carbocycles. The van der Waals surface area contributed by atoms with Gasteiger partial charge in [-0.15, -0.1) is 0 Å². The van der Waals surface area contributed by atoms with Crippen molar-refractivity contribution in [2.75, 3.05) is 0 Å². The Labute approximate surface area is 467 Å². The average molecular weight is 1030 g/mol. The molecule has 0 aliphatic rings. The highest BCUT2D eigenvalue weighted by molar-refractivity contribution is 6.14. The van der Waals surface area contributed by atoms with Crippen LogP contribution < -0.4 is 0 Å². The molecule has 0 N–H and O–H groups in total. The zero-order valence-electron chi connectivity index (χ0n) is 43.9. The lowest BCUT2D eigenvalue weighted by Gasteiger charge is -2.13. The number of rotatable bonds is 9. The maximum Gasteiger partial charge on any atom is 0.238 e. The van der Waals surface area contributed by atoms with E-state index in [4.69, 9.17) is 15.0 Å². The minimum absolute atomic E-state index is 0.533. The van der Waals surface area contributed by atoms with Gasteiger partial charge in [0, 0.05) is 54.8 Å². The van der Waals surface area contributed by atoms with Crippen LogP contribution in [0.15, 0.2) is 291 Å². The summed E-state index contributed by atoms with van der Waals surface area (Å²) < 4.78 is 7.07. The molecule has 0 radical (unpaired) electrons. The van der Waals surface area contributed by atoms with Gasteiger partial charge in [-0.3, -0.25) is 4.57 Å². The molecule has 0 atom stereocenters. The summed E-state index contributed by atoms with van der Waals surface area (Å²) in [5.74, 6) is 1.71. The molecule has 6 heteroatoms. The molecule has 378 valence electrons. The second-order valence-corrected chi connectivity index (χ2v) is 20.8. The average Bonchev–Trinajstić information content (AvgIpc) is 4.36. The minimum Gasteiger partial charge on any atom is -0.309 e. The first-order valence-corrected chi connectivity index (χ1v) is 27.5. The normalized spacial score (nSPS) is 11.7. The molecule has 81 heavy (non-hydrogen) atoms. The molecule has 0 fully saturated rings. The van der Waals surface area contributed by atoms with Crippen LogP contribution in [0, 0.1) is 0 Å². The molecule has 16 rings (SSSR count). The first-order valence-electron chi connectivity index (χ1n) is 27.5. The molecule has 0 aliphatic heterocycles. The van der Waals surface area contributed by atoms with Crippen LogP contribution in [0.4, 0.5) is 0 Å². The fourth-order valence-electron chi connectivity index (χ4n) is 12.2. The standard InChI is InChI=1S/C75H48N6/c1-5-17-49(18-6-1)53-29-33-55(34-30-53)73-76-74(56-35-31-54(32-36-56)50-19-7-2-8-20-50)78-75(77-73)81-71-43-39-59(79-67-27-15-13-25-61(67)63-45-57(37-41-69(63)79)51-21-9-3-10-22-51)47-65(71)66-48-60(40-44-72(66)81)80-68-28-16-14-26-62(68)64-46-58(38-42-70(64)80)52-23-11-4-12-24-52/h1-48H. The molecule has 0 bridgehead atoms. The van der Waals surface area contributed by atoms with Crippen molar-refractivity contribution in [2.24, 2.45) is 0 Å². The largest absolute Gasteiger partial charge is 0.309 e. The molecule has 0 spiro atoms. The van der Waals surface area contributed by atoms with Gasteiger partial charge in [0.2, 0.25) is 5.95 Å². The SMILES string of the molecule is c1ccc(-c2ccc(-c3nc(-c4ccc(-c5ccccc5)cc4)nc(-n4c5ccc(-n6c7ccccc7c7cc(-c8ccccc8)ccc76)cc5c5cc(-n6c7ccccc7c7cc(-c8ccccc8)ccc76)ccc54)n3)cc2)cc1. The Bertz CT molecular complexity index is 4740. The van der Waals surface area contributed by atoms with E-state index in [0.717, 1.165) is 88.6 Å². The van der Waals surface area contributed by atoms with Crippen molar-refractivity contribution in [1.82, 2.24) is 28.7 Å². The lowest BCUT2D eigenvalue weighted by atomic mass is 10.0. The van der Waals surface area contributed by atoms with E-state index in [1.54, 1.807) is 0 Å². The van der Waals surface area contributed by atoms with Gasteiger partial charge in [0.15, 0.2) is 11.6 Å². The van der Waals surface area contributed by atoms with Crippen molar-refractivity contribution < 1.29 is 0 Å². The van der Waals surface area contributed by atoms with Crippen LogP contribution in [0.1, 0.15) is 0 Å². The fourth-order valence-corrected chi connectivity index (χ4v) is 12.2. The summed E-state index contributed by atoms with van der Waals surface area (Å²) in [5, 5.41) is 6.97. The number of benzene rings is 12. The summed E-state index contributed by atoms with van der Waals surface area (Å²) in [6.45, 7) is 0. The third-order valence-corrected chi connectivity index (χ3v) is 16.1. The smallest absolute Gasteiger partial charge is 0.238 e. The quantitative estimate of drug-likeness (QED) is 0.145. The fraction of sp³-hybridized carbons (Fsp3) is 0. The van der Waals surface area contributed by atoms with Crippen LogP contribution in [-0.4, -0.2) is 28.7 Å². The van der Waals surface area contributed by atoms with E-state index < -0.39 is 0 Å². The molecule has 0 saturated carbocycles. The van der Waals surface area contributed by atoms with Crippen molar-refractivity contribution in [1.29, 1.82) is 0 Å². The highest BCUT2D eigenvalue weighted by Crippen LogP contribution is 2.41.